The van der Waals surface area contributed by atoms with Crippen molar-refractivity contribution in [3.05, 3.63) is 158 Å². The van der Waals surface area contributed by atoms with E-state index < -0.39 is 6.10 Å². The zero-order valence-electron chi connectivity index (χ0n) is 52.9. The average Bonchev–Trinajstić information content (AvgIpc) is 3.47. The number of esters is 3. The van der Waals surface area contributed by atoms with Gasteiger partial charge in [-0.15, -0.1) is 0 Å². The Morgan fingerprint density at radius 2 is 0.476 bits per heavy atom. The van der Waals surface area contributed by atoms with Crippen molar-refractivity contribution in [1.82, 2.24) is 0 Å². The standard InChI is InChI=1S/C76H122O6/c1-4-7-10-13-16-19-22-25-27-29-31-33-35-36-37-38-39-40-42-43-45-47-49-51-54-57-60-63-66-69-75(78)81-72-73(71-80-74(77)68-65-62-59-56-53-24-21-18-15-12-9-6-3)82-76(79)70-67-64-61-58-55-52-50-48-46-44-41-34-32-30-28-26-23-20-17-14-11-8-5-2/h7-8,10-11,16-21,25-28,31-34,36-37,39-40,44,46,50,52,73H,4-6,9,12-15,22-24,29-30,35,38,41-43,45,47-49,51,53-72H2,1-3H3/b10-7-,11-8-,19-16-,20-17-,21-18-,27-25-,28-26-,33-31-,34-32-,37-36-,40-39-,46-44-,52-50-. The molecule has 0 aromatic rings. The summed E-state index contributed by atoms with van der Waals surface area (Å²) < 4.78 is 16.9. The smallest absolute Gasteiger partial charge is 0.306 e. The van der Waals surface area contributed by atoms with Gasteiger partial charge >= 0.3 is 17.9 Å². The summed E-state index contributed by atoms with van der Waals surface area (Å²) in [5.74, 6) is -0.938. The summed E-state index contributed by atoms with van der Waals surface area (Å²) in [5, 5.41) is 0. The molecule has 0 spiro atoms. The lowest BCUT2D eigenvalue weighted by Crippen LogP contribution is -2.30. The van der Waals surface area contributed by atoms with Gasteiger partial charge in [-0.25, -0.2) is 0 Å². The second-order valence-corrected chi connectivity index (χ2v) is 21.6. The molecule has 82 heavy (non-hydrogen) atoms. The number of ether oxygens (including phenoxy) is 3. The van der Waals surface area contributed by atoms with Crippen LogP contribution >= 0.6 is 0 Å². The van der Waals surface area contributed by atoms with E-state index >= 15 is 0 Å². The van der Waals surface area contributed by atoms with Crippen molar-refractivity contribution in [2.24, 2.45) is 0 Å². The minimum absolute atomic E-state index is 0.0990. The Hall–Kier alpha value is -4.97. The van der Waals surface area contributed by atoms with Gasteiger partial charge in [0.05, 0.1) is 0 Å². The predicted octanol–water partition coefficient (Wildman–Crippen LogP) is 23.3. The Bertz CT molecular complexity index is 1830. The molecule has 0 aromatic carbocycles. The van der Waals surface area contributed by atoms with Crippen molar-refractivity contribution >= 4 is 17.9 Å². The maximum atomic E-state index is 12.9. The highest BCUT2D eigenvalue weighted by Gasteiger charge is 2.19. The number of allylic oxidation sites excluding steroid dienone is 26. The third kappa shape index (κ3) is 65.8. The summed E-state index contributed by atoms with van der Waals surface area (Å²) in [7, 11) is 0. The first-order chi connectivity index (χ1) is 40.5. The molecular weight excluding hydrogens is 1010 g/mol. The number of carbonyl (C=O) groups excluding carboxylic acids is 3. The normalized spacial score (nSPS) is 13.2. The highest BCUT2D eigenvalue weighted by molar-refractivity contribution is 5.71. The molecule has 0 radical (unpaired) electrons. The van der Waals surface area contributed by atoms with Gasteiger partial charge in [0.1, 0.15) is 13.2 Å². The molecule has 1 atom stereocenters. The van der Waals surface area contributed by atoms with E-state index in [0.29, 0.717) is 12.8 Å². The highest BCUT2D eigenvalue weighted by atomic mass is 16.6. The molecule has 0 aliphatic carbocycles. The molecule has 0 aromatic heterocycles. The van der Waals surface area contributed by atoms with E-state index in [9.17, 15) is 14.4 Å². The lowest BCUT2D eigenvalue weighted by molar-refractivity contribution is -0.167. The molecule has 0 saturated carbocycles. The molecule has 0 N–H and O–H groups in total. The predicted molar refractivity (Wildman–Crippen MR) is 357 cm³/mol. The van der Waals surface area contributed by atoms with Crippen LogP contribution in [0.5, 0.6) is 0 Å². The lowest BCUT2D eigenvalue weighted by Gasteiger charge is -2.18. The first kappa shape index (κ1) is 77.0. The summed E-state index contributed by atoms with van der Waals surface area (Å²) >= 11 is 0. The monoisotopic (exact) mass is 1130 g/mol. The number of hydrogen-bond acceptors (Lipinski definition) is 6. The summed E-state index contributed by atoms with van der Waals surface area (Å²) in [4.78, 5) is 38.3. The van der Waals surface area contributed by atoms with E-state index in [1.54, 1.807) is 0 Å². The molecule has 1 unspecified atom stereocenters. The molecule has 0 heterocycles. The van der Waals surface area contributed by atoms with Gasteiger partial charge in [0.25, 0.3) is 0 Å². The fourth-order valence-electron chi connectivity index (χ4n) is 8.80. The third-order valence-corrected chi connectivity index (χ3v) is 13.7. The van der Waals surface area contributed by atoms with Gasteiger partial charge in [0.2, 0.25) is 0 Å². The fourth-order valence-corrected chi connectivity index (χ4v) is 8.80. The number of unbranched alkanes of at least 4 members (excludes halogenated alkanes) is 22. The van der Waals surface area contributed by atoms with E-state index in [1.165, 1.54) is 83.5 Å². The van der Waals surface area contributed by atoms with Crippen LogP contribution < -0.4 is 0 Å². The van der Waals surface area contributed by atoms with Gasteiger partial charge in [-0.3, -0.25) is 14.4 Å². The van der Waals surface area contributed by atoms with Crippen molar-refractivity contribution in [2.45, 2.75) is 290 Å². The summed E-state index contributed by atoms with van der Waals surface area (Å²) in [6.45, 7) is 6.36. The van der Waals surface area contributed by atoms with Crippen LogP contribution in [0.2, 0.25) is 0 Å². The molecule has 0 bridgehead atoms. The highest BCUT2D eigenvalue weighted by Crippen LogP contribution is 2.15. The first-order valence-electron chi connectivity index (χ1n) is 33.5. The summed E-state index contributed by atoms with van der Waals surface area (Å²) in [6.07, 6.45) is 99.7. The molecule has 0 aliphatic heterocycles. The van der Waals surface area contributed by atoms with Crippen LogP contribution in [-0.2, 0) is 28.6 Å². The maximum Gasteiger partial charge on any atom is 0.306 e. The van der Waals surface area contributed by atoms with Crippen LogP contribution in [0.1, 0.15) is 284 Å². The van der Waals surface area contributed by atoms with Gasteiger partial charge in [-0.05, 0) is 148 Å². The van der Waals surface area contributed by atoms with E-state index in [1.807, 2.05) is 0 Å². The Balaban J connectivity index is 4.37. The van der Waals surface area contributed by atoms with Crippen LogP contribution in [0.3, 0.4) is 0 Å². The minimum Gasteiger partial charge on any atom is -0.462 e. The van der Waals surface area contributed by atoms with Gasteiger partial charge in [-0.2, -0.15) is 0 Å². The molecule has 0 amide bonds. The minimum atomic E-state index is -0.805. The Labute approximate surface area is 505 Å². The van der Waals surface area contributed by atoms with Crippen LogP contribution in [0.25, 0.3) is 0 Å². The molecular formula is C76H122O6. The number of hydrogen-bond donors (Lipinski definition) is 0. The zero-order chi connectivity index (χ0) is 59.2. The molecule has 0 saturated heterocycles. The number of carbonyl (C=O) groups is 3. The Morgan fingerprint density at radius 1 is 0.256 bits per heavy atom. The second-order valence-electron chi connectivity index (χ2n) is 21.6. The van der Waals surface area contributed by atoms with Crippen LogP contribution in [0, 0.1) is 0 Å². The maximum absolute atomic E-state index is 12.9. The lowest BCUT2D eigenvalue weighted by atomic mass is 10.1. The van der Waals surface area contributed by atoms with Crippen LogP contribution in [0.4, 0.5) is 0 Å². The molecule has 6 heteroatoms. The van der Waals surface area contributed by atoms with Gasteiger partial charge in [0, 0.05) is 19.3 Å². The summed E-state index contributed by atoms with van der Waals surface area (Å²) in [6, 6.07) is 0. The van der Waals surface area contributed by atoms with Crippen molar-refractivity contribution in [1.29, 1.82) is 0 Å². The van der Waals surface area contributed by atoms with Crippen molar-refractivity contribution in [3.63, 3.8) is 0 Å². The molecule has 0 aliphatic rings. The van der Waals surface area contributed by atoms with Gasteiger partial charge in [0.15, 0.2) is 6.10 Å². The molecule has 462 valence electrons. The average molecular weight is 1130 g/mol. The Kier molecular flexibility index (Phi) is 64.4. The molecule has 0 rings (SSSR count). The van der Waals surface area contributed by atoms with Crippen LogP contribution in [0.15, 0.2) is 158 Å². The largest absolute Gasteiger partial charge is 0.462 e. The SMILES string of the molecule is CC/C=C\C/C=C\C/C=C\C/C=C\C/C=C\C/C=C\CCCCCCCCCCCCC(=O)OCC(COC(=O)CCCCCCC/C=C\CCCCC)OC(=O)CCCCCC/C=C\C/C=C\C/C=C\C/C=C\C/C=C\C/C=C\CC. The molecule has 0 fully saturated rings. The van der Waals surface area contributed by atoms with Crippen molar-refractivity contribution in [2.75, 3.05) is 13.2 Å². The number of rotatable bonds is 59. The zero-order valence-corrected chi connectivity index (χ0v) is 52.9. The van der Waals surface area contributed by atoms with Crippen molar-refractivity contribution < 1.29 is 28.6 Å². The Morgan fingerprint density at radius 3 is 0.756 bits per heavy atom. The third-order valence-electron chi connectivity index (χ3n) is 13.7. The van der Waals surface area contributed by atoms with Gasteiger partial charge < -0.3 is 14.2 Å². The first-order valence-corrected chi connectivity index (χ1v) is 33.5. The van der Waals surface area contributed by atoms with Crippen LogP contribution in [-0.4, -0.2) is 37.2 Å². The van der Waals surface area contributed by atoms with E-state index in [4.69, 9.17) is 14.2 Å². The fraction of sp³-hybridized carbons (Fsp3) is 0.618. The van der Waals surface area contributed by atoms with E-state index in [2.05, 4.69) is 179 Å². The topological polar surface area (TPSA) is 78.9 Å². The van der Waals surface area contributed by atoms with Crippen molar-refractivity contribution in [3.8, 4) is 0 Å². The quantitative estimate of drug-likeness (QED) is 0.0261. The van der Waals surface area contributed by atoms with E-state index in [0.717, 1.165) is 161 Å². The van der Waals surface area contributed by atoms with E-state index in [-0.39, 0.29) is 37.5 Å². The second kappa shape index (κ2) is 68.5. The molecule has 6 nitrogen and oxygen atoms in total. The van der Waals surface area contributed by atoms with Gasteiger partial charge in [-0.1, -0.05) is 275 Å². The summed E-state index contributed by atoms with van der Waals surface area (Å²) in [5.41, 5.74) is 0.